The molecule has 6 rings (SSSR count). The smallest absolute Gasteiger partial charge is 0.282 e. The first-order valence-corrected chi connectivity index (χ1v) is 14.8. The fourth-order valence-corrected chi connectivity index (χ4v) is 5.49. The molecule has 0 saturated carbocycles. The number of aryl methyl sites for hydroxylation is 1. The van der Waals surface area contributed by atoms with Gasteiger partial charge in [0.05, 0.1) is 30.5 Å². The minimum Gasteiger partial charge on any atom is -0.480 e. The molecule has 42 heavy (non-hydrogen) atoms. The van der Waals surface area contributed by atoms with Crippen molar-refractivity contribution in [2.24, 2.45) is 0 Å². The molecule has 5 aromatic heterocycles. The molecule has 0 saturated heterocycles. The van der Waals surface area contributed by atoms with E-state index in [-0.39, 0.29) is 17.1 Å². The number of hydrogen-bond acceptors (Lipinski definition) is 9. The van der Waals surface area contributed by atoms with Crippen LogP contribution in [0.1, 0.15) is 24.4 Å². The lowest BCUT2D eigenvalue weighted by molar-refractivity contribution is 0.400. The van der Waals surface area contributed by atoms with Gasteiger partial charge in [-0.3, -0.25) is 14.1 Å². The molecule has 0 bridgehead atoms. The van der Waals surface area contributed by atoms with Crippen molar-refractivity contribution in [3.8, 4) is 22.7 Å². The molecule has 1 atom stereocenters. The van der Waals surface area contributed by atoms with Gasteiger partial charge < -0.3 is 15.0 Å². The number of sulfonamides is 1. The maximum atomic E-state index is 13.8. The summed E-state index contributed by atoms with van der Waals surface area (Å²) in [6.07, 6.45) is 7.57. The van der Waals surface area contributed by atoms with E-state index in [0.717, 1.165) is 11.8 Å². The first-order chi connectivity index (χ1) is 20.1. The number of aromatic nitrogens is 7. The highest BCUT2D eigenvalue weighted by Crippen LogP contribution is 2.36. The van der Waals surface area contributed by atoms with E-state index in [1.165, 1.54) is 13.4 Å². The van der Waals surface area contributed by atoms with Crippen LogP contribution in [0.25, 0.3) is 33.4 Å². The lowest BCUT2D eigenvalue weighted by Crippen LogP contribution is -2.29. The van der Waals surface area contributed by atoms with E-state index in [0.29, 0.717) is 45.0 Å². The van der Waals surface area contributed by atoms with Gasteiger partial charge in [-0.25, -0.2) is 27.9 Å². The van der Waals surface area contributed by atoms with E-state index in [2.05, 4.69) is 30.0 Å². The molecular weight excluding hydrogens is 558 g/mol. The van der Waals surface area contributed by atoms with E-state index in [1.54, 1.807) is 33.7 Å². The summed E-state index contributed by atoms with van der Waals surface area (Å²) in [6, 6.07) is 12.4. The Morgan fingerprint density at radius 1 is 1.10 bits per heavy atom. The molecule has 0 radical (unpaired) electrons. The number of nitrogens with one attached hydrogen (secondary N) is 3. The molecule has 14 heteroatoms. The summed E-state index contributed by atoms with van der Waals surface area (Å²) in [6.45, 7) is 3.78. The van der Waals surface area contributed by atoms with Crippen molar-refractivity contribution in [2.75, 3.05) is 23.4 Å². The maximum absolute atomic E-state index is 13.8. The summed E-state index contributed by atoms with van der Waals surface area (Å²) in [4.78, 5) is 30.1. The van der Waals surface area contributed by atoms with Crippen molar-refractivity contribution < 1.29 is 13.2 Å². The van der Waals surface area contributed by atoms with Crippen molar-refractivity contribution in [3.05, 3.63) is 89.1 Å². The zero-order valence-electron chi connectivity index (χ0n) is 23.2. The second-order valence-corrected chi connectivity index (χ2v) is 11.5. The standard InChI is InChI=1S/C28H27N9O4S/c1-16-10-11-36-23(16)28(38)37(19-8-6-5-7-9-19)26(34-36)17(2)33-25-22-20(14-29-24(22)31-15-32-25)18-12-21(35-42(4,39)40)27(41-3)30-13-18/h5-15,17,35H,1-4H3,(H2,29,31,32,33). The molecule has 0 spiro atoms. The van der Waals surface area contributed by atoms with Gasteiger partial charge in [-0.1, -0.05) is 18.2 Å². The van der Waals surface area contributed by atoms with Crippen molar-refractivity contribution in [1.82, 2.24) is 34.1 Å². The lowest BCUT2D eigenvalue weighted by Gasteiger charge is -2.20. The molecule has 0 aliphatic carbocycles. The number of ether oxygens (including phenoxy) is 1. The summed E-state index contributed by atoms with van der Waals surface area (Å²) in [7, 11) is -2.18. The summed E-state index contributed by atoms with van der Waals surface area (Å²) < 4.78 is 34.8. The highest BCUT2D eigenvalue weighted by atomic mass is 32.2. The Morgan fingerprint density at radius 2 is 1.88 bits per heavy atom. The van der Waals surface area contributed by atoms with E-state index in [9.17, 15) is 13.2 Å². The molecule has 1 unspecified atom stereocenters. The molecule has 0 aliphatic rings. The number of nitrogens with zero attached hydrogens (tertiary/aromatic N) is 6. The Morgan fingerprint density at radius 3 is 2.62 bits per heavy atom. The van der Waals surface area contributed by atoms with Crippen LogP contribution < -0.4 is 20.3 Å². The highest BCUT2D eigenvalue weighted by Gasteiger charge is 2.22. The van der Waals surface area contributed by atoms with E-state index in [4.69, 9.17) is 9.84 Å². The summed E-state index contributed by atoms with van der Waals surface area (Å²) in [5.74, 6) is 1.09. The number of methoxy groups -OCH3 is 1. The third kappa shape index (κ3) is 4.81. The van der Waals surface area contributed by atoms with Crippen molar-refractivity contribution in [2.45, 2.75) is 19.9 Å². The lowest BCUT2D eigenvalue weighted by atomic mass is 10.1. The molecule has 3 N–H and O–H groups in total. The average molecular weight is 586 g/mol. The van der Waals surface area contributed by atoms with Crippen LogP contribution in [-0.2, 0) is 10.0 Å². The SMILES string of the molecule is COc1ncc(-c2c[nH]c3ncnc(NC(C)c4nn5ccc(C)c5c(=O)n4-c4ccccc4)c23)cc1NS(C)(=O)=O. The van der Waals surface area contributed by atoms with Crippen LogP contribution in [0.15, 0.2) is 72.2 Å². The van der Waals surface area contributed by atoms with Crippen LogP contribution >= 0.6 is 0 Å². The van der Waals surface area contributed by atoms with Crippen LogP contribution in [0.3, 0.4) is 0 Å². The van der Waals surface area contributed by atoms with Gasteiger partial charge in [-0.15, -0.1) is 0 Å². The Kier molecular flexibility index (Phi) is 6.61. The maximum Gasteiger partial charge on any atom is 0.282 e. The fraction of sp³-hybridized carbons (Fsp3) is 0.179. The van der Waals surface area contributed by atoms with Crippen molar-refractivity contribution >= 4 is 38.1 Å². The van der Waals surface area contributed by atoms with Gasteiger partial charge in [0.15, 0.2) is 5.82 Å². The third-order valence-corrected chi connectivity index (χ3v) is 7.38. The van der Waals surface area contributed by atoms with Crippen molar-refractivity contribution in [3.63, 3.8) is 0 Å². The molecule has 214 valence electrons. The topological polar surface area (TPSA) is 161 Å². The number of para-hydroxylation sites is 1. The monoisotopic (exact) mass is 585 g/mol. The van der Waals surface area contributed by atoms with Gasteiger partial charge in [-0.05, 0) is 43.7 Å². The van der Waals surface area contributed by atoms with Crippen molar-refractivity contribution in [1.29, 1.82) is 0 Å². The second-order valence-electron chi connectivity index (χ2n) is 9.80. The Labute approximate surface area is 240 Å². The first-order valence-electron chi connectivity index (χ1n) is 12.9. The predicted molar refractivity (Wildman–Crippen MR) is 160 cm³/mol. The van der Waals surface area contributed by atoms with Crippen LogP contribution in [0.2, 0.25) is 0 Å². The molecule has 1 aromatic carbocycles. The zero-order chi connectivity index (χ0) is 29.6. The molecule has 0 fully saturated rings. The van der Waals surface area contributed by atoms with E-state index < -0.39 is 16.1 Å². The molecule has 13 nitrogen and oxygen atoms in total. The number of pyridine rings is 1. The van der Waals surface area contributed by atoms with Gasteiger partial charge in [0, 0.05) is 29.7 Å². The largest absolute Gasteiger partial charge is 0.480 e. The van der Waals surface area contributed by atoms with Crippen LogP contribution in [0, 0.1) is 6.92 Å². The summed E-state index contributed by atoms with van der Waals surface area (Å²) >= 11 is 0. The van der Waals surface area contributed by atoms with Gasteiger partial charge in [0.25, 0.3) is 5.56 Å². The number of aromatic amines is 1. The zero-order valence-corrected chi connectivity index (χ0v) is 24.0. The van der Waals surface area contributed by atoms with Gasteiger partial charge in [0.1, 0.15) is 29.0 Å². The molecular formula is C28H27N9O4S. The summed E-state index contributed by atoms with van der Waals surface area (Å²) in [5.41, 5.74) is 3.85. The van der Waals surface area contributed by atoms with Gasteiger partial charge in [0.2, 0.25) is 15.9 Å². The highest BCUT2D eigenvalue weighted by molar-refractivity contribution is 7.92. The normalized spacial score (nSPS) is 12.5. The van der Waals surface area contributed by atoms with Gasteiger partial charge in [-0.2, -0.15) is 5.10 Å². The van der Waals surface area contributed by atoms with Crippen LogP contribution in [0.4, 0.5) is 11.5 Å². The molecule has 0 amide bonds. The predicted octanol–water partition coefficient (Wildman–Crippen LogP) is 3.68. The van der Waals surface area contributed by atoms with E-state index in [1.807, 2.05) is 50.2 Å². The fourth-order valence-electron chi connectivity index (χ4n) is 4.94. The number of fused-ring (bicyclic) bond motifs is 2. The average Bonchev–Trinajstić information content (AvgIpc) is 3.57. The number of H-pyrrole nitrogens is 1. The molecule has 5 heterocycles. The molecule has 0 aliphatic heterocycles. The third-order valence-electron chi connectivity index (χ3n) is 6.79. The quantitative estimate of drug-likeness (QED) is 0.242. The van der Waals surface area contributed by atoms with Gasteiger partial charge >= 0.3 is 0 Å². The minimum atomic E-state index is -3.59. The Balaban J connectivity index is 1.47. The summed E-state index contributed by atoms with van der Waals surface area (Å²) in [5, 5.41) is 8.88. The second kappa shape index (κ2) is 10.3. The van der Waals surface area contributed by atoms with E-state index >= 15 is 0 Å². The number of rotatable bonds is 8. The number of benzene rings is 1. The van der Waals surface area contributed by atoms with Crippen LogP contribution in [-0.4, -0.2) is 55.9 Å². The number of anilines is 2. The Bertz CT molecular complexity index is 2120. The molecule has 6 aromatic rings. The van der Waals surface area contributed by atoms with Crippen LogP contribution in [0.5, 0.6) is 5.88 Å². The number of hydrogen-bond donors (Lipinski definition) is 3. The minimum absolute atomic E-state index is 0.132. The Hall–Kier alpha value is -5.24. The first kappa shape index (κ1) is 27.0.